The maximum atomic E-state index is 13.2. The van der Waals surface area contributed by atoms with Gasteiger partial charge in [-0.25, -0.2) is 13.6 Å². The Morgan fingerprint density at radius 3 is 2.47 bits per heavy atom. The molecule has 1 aromatic heterocycles. The van der Waals surface area contributed by atoms with E-state index in [4.69, 9.17) is 9.15 Å². The molecule has 2 heterocycles. The second-order valence-electron chi connectivity index (χ2n) is 7.96. The van der Waals surface area contributed by atoms with Crippen LogP contribution in [0.25, 0.3) is 0 Å². The Balaban J connectivity index is 1.32. The summed E-state index contributed by atoms with van der Waals surface area (Å²) in [5, 5.41) is 4.57. The molecule has 1 atom stereocenters. The molecule has 0 saturated carbocycles. The second kappa shape index (κ2) is 10.8. The monoisotopic (exact) mass is 497 g/mol. The van der Waals surface area contributed by atoms with Crippen LogP contribution in [0.3, 0.4) is 0 Å². The first kappa shape index (κ1) is 24.6. The van der Waals surface area contributed by atoms with Gasteiger partial charge in [0.2, 0.25) is 5.91 Å². The number of ether oxygens (including phenoxy) is 1. The van der Waals surface area contributed by atoms with E-state index in [0.29, 0.717) is 0 Å². The first-order valence-corrected chi connectivity index (χ1v) is 10.9. The van der Waals surface area contributed by atoms with E-state index in [0.717, 1.165) is 29.3 Å². The minimum Gasteiger partial charge on any atom is -0.459 e. The summed E-state index contributed by atoms with van der Waals surface area (Å²) >= 11 is 0. The predicted octanol–water partition coefficient (Wildman–Crippen LogP) is 2.42. The summed E-state index contributed by atoms with van der Waals surface area (Å²) in [5.74, 6) is -4.86. The lowest BCUT2D eigenvalue weighted by atomic mass is 9.93. The summed E-state index contributed by atoms with van der Waals surface area (Å²) in [6.45, 7) is -1.01. The molecule has 1 unspecified atom stereocenters. The van der Waals surface area contributed by atoms with Crippen LogP contribution in [0.1, 0.15) is 21.7 Å². The Bertz CT molecular complexity index is 1290. The number of fused-ring (bicyclic) bond motifs is 1. The zero-order valence-corrected chi connectivity index (χ0v) is 18.8. The highest BCUT2D eigenvalue weighted by Crippen LogP contribution is 2.26. The van der Waals surface area contributed by atoms with Crippen molar-refractivity contribution in [3.63, 3.8) is 0 Å². The van der Waals surface area contributed by atoms with Gasteiger partial charge in [-0.1, -0.05) is 24.3 Å². The van der Waals surface area contributed by atoms with Crippen LogP contribution >= 0.6 is 0 Å². The molecule has 11 heteroatoms. The molecule has 2 aromatic carbocycles. The standard InChI is InChI=1S/C25H21F2N3O6/c26-18-8-7-17(11-19(18)27)29-22(31)12-28-23(32)14-36-25(34)20-10-15-4-1-2-5-16(15)13-30(20)24(33)21-6-3-9-35-21/h1-9,11,20H,10,12-14H2,(H,28,32)(H,29,31). The van der Waals surface area contributed by atoms with Gasteiger partial charge >= 0.3 is 5.97 Å². The van der Waals surface area contributed by atoms with Crippen LogP contribution in [-0.2, 0) is 32.1 Å². The van der Waals surface area contributed by atoms with Gasteiger partial charge in [0.1, 0.15) is 6.04 Å². The van der Waals surface area contributed by atoms with Crippen molar-refractivity contribution in [3.05, 3.63) is 89.4 Å². The van der Waals surface area contributed by atoms with Gasteiger partial charge in [-0.05, 0) is 35.4 Å². The largest absolute Gasteiger partial charge is 0.459 e. The van der Waals surface area contributed by atoms with Gasteiger partial charge in [-0.3, -0.25) is 14.4 Å². The Morgan fingerprint density at radius 2 is 1.75 bits per heavy atom. The maximum absolute atomic E-state index is 13.2. The van der Waals surface area contributed by atoms with Crippen LogP contribution in [0.5, 0.6) is 0 Å². The zero-order valence-electron chi connectivity index (χ0n) is 18.8. The highest BCUT2D eigenvalue weighted by atomic mass is 19.2. The SMILES string of the molecule is O=C(COC(=O)C1Cc2ccccc2CN1C(=O)c1ccco1)NCC(=O)Nc1ccc(F)c(F)c1. The number of hydrogen-bond acceptors (Lipinski definition) is 6. The van der Waals surface area contributed by atoms with Crippen molar-refractivity contribution in [2.24, 2.45) is 0 Å². The summed E-state index contributed by atoms with van der Waals surface area (Å²) in [7, 11) is 0. The zero-order chi connectivity index (χ0) is 25.7. The number of nitrogens with zero attached hydrogens (tertiary/aromatic N) is 1. The Kier molecular flexibility index (Phi) is 7.38. The molecule has 1 aliphatic heterocycles. The summed E-state index contributed by atoms with van der Waals surface area (Å²) in [6, 6.07) is 12.3. The number of furan rings is 1. The van der Waals surface area contributed by atoms with Crippen molar-refractivity contribution in [2.75, 3.05) is 18.5 Å². The molecule has 0 radical (unpaired) electrons. The van der Waals surface area contributed by atoms with E-state index in [1.165, 1.54) is 17.2 Å². The van der Waals surface area contributed by atoms with E-state index in [2.05, 4.69) is 10.6 Å². The molecular formula is C25H21F2N3O6. The minimum absolute atomic E-state index is 0.0125. The van der Waals surface area contributed by atoms with Crippen molar-refractivity contribution < 1.29 is 37.1 Å². The molecule has 4 rings (SSSR count). The molecule has 9 nitrogen and oxygen atoms in total. The van der Waals surface area contributed by atoms with E-state index in [-0.39, 0.29) is 24.4 Å². The number of carbonyl (C=O) groups excluding carboxylic acids is 4. The van der Waals surface area contributed by atoms with Crippen LogP contribution in [0.15, 0.2) is 65.3 Å². The average molecular weight is 497 g/mol. The smallest absolute Gasteiger partial charge is 0.329 e. The lowest BCUT2D eigenvalue weighted by molar-refractivity contribution is -0.153. The molecule has 1 aliphatic rings. The highest BCUT2D eigenvalue weighted by Gasteiger charge is 2.37. The van der Waals surface area contributed by atoms with Gasteiger partial charge in [-0.15, -0.1) is 0 Å². The third-order valence-electron chi connectivity index (χ3n) is 5.51. The van der Waals surface area contributed by atoms with Gasteiger partial charge in [0, 0.05) is 24.7 Å². The van der Waals surface area contributed by atoms with Crippen molar-refractivity contribution in [2.45, 2.75) is 19.0 Å². The molecule has 0 spiro atoms. The van der Waals surface area contributed by atoms with Crippen LogP contribution < -0.4 is 10.6 Å². The molecule has 3 amide bonds. The summed E-state index contributed by atoms with van der Waals surface area (Å²) in [5.41, 5.74) is 1.77. The minimum atomic E-state index is -1.13. The molecule has 0 bridgehead atoms. The average Bonchev–Trinajstić information content (AvgIpc) is 3.42. The normalized spacial score (nSPS) is 14.5. The van der Waals surface area contributed by atoms with E-state index < -0.39 is 54.5 Å². The van der Waals surface area contributed by atoms with Crippen LogP contribution in [0.4, 0.5) is 14.5 Å². The first-order chi connectivity index (χ1) is 17.3. The summed E-state index contributed by atoms with van der Waals surface area (Å²) in [6.07, 6.45) is 1.55. The van der Waals surface area contributed by atoms with Crippen LogP contribution in [0.2, 0.25) is 0 Å². The second-order valence-corrected chi connectivity index (χ2v) is 7.96. The van der Waals surface area contributed by atoms with E-state index in [1.54, 1.807) is 6.07 Å². The van der Waals surface area contributed by atoms with Crippen LogP contribution in [-0.4, -0.2) is 47.8 Å². The van der Waals surface area contributed by atoms with E-state index in [9.17, 15) is 28.0 Å². The van der Waals surface area contributed by atoms with Gasteiger partial charge in [-0.2, -0.15) is 0 Å². The van der Waals surface area contributed by atoms with Crippen molar-refractivity contribution in [1.82, 2.24) is 10.2 Å². The van der Waals surface area contributed by atoms with Crippen molar-refractivity contribution in [3.8, 4) is 0 Å². The fraction of sp³-hybridized carbons (Fsp3) is 0.200. The third-order valence-corrected chi connectivity index (χ3v) is 5.51. The van der Waals surface area contributed by atoms with E-state index >= 15 is 0 Å². The van der Waals surface area contributed by atoms with Gasteiger partial charge < -0.3 is 24.7 Å². The molecule has 0 saturated heterocycles. The first-order valence-electron chi connectivity index (χ1n) is 10.9. The van der Waals surface area contributed by atoms with Crippen molar-refractivity contribution >= 4 is 29.4 Å². The lowest BCUT2D eigenvalue weighted by Gasteiger charge is -2.34. The fourth-order valence-corrected chi connectivity index (χ4v) is 3.73. The number of rotatable bonds is 7. The topological polar surface area (TPSA) is 118 Å². The maximum Gasteiger partial charge on any atom is 0.329 e. The number of esters is 1. The fourth-order valence-electron chi connectivity index (χ4n) is 3.73. The van der Waals surface area contributed by atoms with Crippen molar-refractivity contribution in [1.29, 1.82) is 0 Å². The third kappa shape index (κ3) is 5.74. The molecule has 0 aliphatic carbocycles. The number of anilines is 1. The molecule has 36 heavy (non-hydrogen) atoms. The molecule has 186 valence electrons. The summed E-state index contributed by atoms with van der Waals surface area (Å²) < 4.78 is 36.5. The number of benzene rings is 2. The molecule has 0 fully saturated rings. The summed E-state index contributed by atoms with van der Waals surface area (Å²) in [4.78, 5) is 51.2. The highest BCUT2D eigenvalue weighted by molar-refractivity contribution is 5.96. The Hall–Kier alpha value is -4.54. The van der Waals surface area contributed by atoms with Gasteiger partial charge in [0.25, 0.3) is 11.8 Å². The molecular weight excluding hydrogens is 476 g/mol. The van der Waals surface area contributed by atoms with Gasteiger partial charge in [0.05, 0.1) is 12.8 Å². The quantitative estimate of drug-likeness (QED) is 0.484. The number of nitrogens with one attached hydrogen (secondary N) is 2. The predicted molar refractivity (Wildman–Crippen MR) is 121 cm³/mol. The number of halogens is 2. The number of carbonyl (C=O) groups is 4. The lowest BCUT2D eigenvalue weighted by Crippen LogP contribution is -2.49. The molecule has 3 aromatic rings. The van der Waals surface area contributed by atoms with E-state index in [1.807, 2.05) is 24.3 Å². The number of hydrogen-bond donors (Lipinski definition) is 2. The Labute approximate surface area is 204 Å². The Morgan fingerprint density at radius 1 is 0.972 bits per heavy atom. The van der Waals surface area contributed by atoms with Crippen LogP contribution in [0, 0.1) is 11.6 Å². The van der Waals surface area contributed by atoms with Gasteiger partial charge in [0.15, 0.2) is 24.0 Å². The number of amides is 3. The molecule has 2 N–H and O–H groups in total.